The summed E-state index contributed by atoms with van der Waals surface area (Å²) in [7, 11) is 0. The third-order valence-corrected chi connectivity index (χ3v) is 3.64. The molecule has 0 spiro atoms. The molecule has 0 saturated heterocycles. The minimum Gasteiger partial charge on any atom is -0.380 e. The Morgan fingerprint density at radius 3 is 2.67 bits per heavy atom. The fourth-order valence-electron chi connectivity index (χ4n) is 1.62. The van der Waals surface area contributed by atoms with Crippen LogP contribution >= 0.6 is 27.5 Å². The van der Waals surface area contributed by atoms with E-state index in [-0.39, 0.29) is 0 Å². The van der Waals surface area contributed by atoms with Gasteiger partial charge < -0.3 is 5.32 Å². The molecular formula is C14H10BrClN2. The summed E-state index contributed by atoms with van der Waals surface area (Å²) in [5.74, 6) is 0. The van der Waals surface area contributed by atoms with Crippen LogP contribution in [-0.2, 0) is 6.54 Å². The number of anilines is 1. The average molecular weight is 322 g/mol. The fraction of sp³-hybridized carbons (Fsp3) is 0.0714. The van der Waals surface area contributed by atoms with Crippen LogP contribution in [0.5, 0.6) is 0 Å². The van der Waals surface area contributed by atoms with E-state index in [4.69, 9.17) is 16.9 Å². The number of nitrogens with zero attached hydrogens (tertiary/aromatic N) is 1. The van der Waals surface area contributed by atoms with Crippen molar-refractivity contribution in [2.45, 2.75) is 6.54 Å². The number of nitriles is 1. The number of halogens is 2. The molecule has 2 nitrogen and oxygen atoms in total. The van der Waals surface area contributed by atoms with Gasteiger partial charge in [-0.25, -0.2) is 0 Å². The van der Waals surface area contributed by atoms with Gasteiger partial charge in [0.1, 0.15) is 6.07 Å². The Labute approximate surface area is 119 Å². The van der Waals surface area contributed by atoms with E-state index < -0.39 is 0 Å². The van der Waals surface area contributed by atoms with Crippen LogP contribution in [-0.4, -0.2) is 0 Å². The molecule has 2 aromatic rings. The maximum absolute atomic E-state index is 9.07. The first-order valence-electron chi connectivity index (χ1n) is 5.38. The summed E-state index contributed by atoms with van der Waals surface area (Å²) in [5, 5.41) is 12.8. The second-order valence-electron chi connectivity index (χ2n) is 3.72. The van der Waals surface area contributed by atoms with Gasteiger partial charge in [0, 0.05) is 11.0 Å². The van der Waals surface area contributed by atoms with Gasteiger partial charge in [0.25, 0.3) is 0 Å². The highest BCUT2D eigenvalue weighted by Crippen LogP contribution is 2.24. The van der Waals surface area contributed by atoms with Crippen LogP contribution in [0.4, 0.5) is 5.69 Å². The largest absolute Gasteiger partial charge is 0.380 e. The zero-order valence-corrected chi connectivity index (χ0v) is 11.8. The third-order valence-electron chi connectivity index (χ3n) is 2.55. The molecule has 18 heavy (non-hydrogen) atoms. The van der Waals surface area contributed by atoms with Crippen LogP contribution < -0.4 is 5.32 Å². The molecule has 2 aromatic carbocycles. The summed E-state index contributed by atoms with van der Waals surface area (Å²) in [6, 6.07) is 15.4. The van der Waals surface area contributed by atoms with Gasteiger partial charge in [-0.05, 0) is 23.8 Å². The molecule has 0 aromatic heterocycles. The first-order valence-corrected chi connectivity index (χ1v) is 6.55. The normalized spacial score (nSPS) is 9.83. The fourth-order valence-corrected chi connectivity index (χ4v) is 2.26. The SMILES string of the molecule is N#Cc1c(Cl)cccc1NCc1ccccc1Br. The molecule has 4 heteroatoms. The van der Waals surface area contributed by atoms with Crippen LogP contribution in [0.25, 0.3) is 0 Å². The van der Waals surface area contributed by atoms with Crippen molar-refractivity contribution in [1.29, 1.82) is 5.26 Å². The van der Waals surface area contributed by atoms with E-state index in [9.17, 15) is 0 Å². The molecule has 0 fully saturated rings. The van der Waals surface area contributed by atoms with Gasteiger partial charge in [0.2, 0.25) is 0 Å². The van der Waals surface area contributed by atoms with E-state index in [1.807, 2.05) is 36.4 Å². The van der Waals surface area contributed by atoms with Crippen LogP contribution in [0.15, 0.2) is 46.9 Å². The minimum absolute atomic E-state index is 0.467. The van der Waals surface area contributed by atoms with E-state index >= 15 is 0 Å². The summed E-state index contributed by atoms with van der Waals surface area (Å²) < 4.78 is 1.04. The van der Waals surface area contributed by atoms with Gasteiger partial charge in [-0.15, -0.1) is 0 Å². The smallest absolute Gasteiger partial charge is 0.103 e. The highest BCUT2D eigenvalue weighted by molar-refractivity contribution is 9.10. The lowest BCUT2D eigenvalue weighted by Crippen LogP contribution is -2.02. The van der Waals surface area contributed by atoms with Gasteiger partial charge in [0.15, 0.2) is 0 Å². The van der Waals surface area contributed by atoms with Crippen molar-refractivity contribution in [2.24, 2.45) is 0 Å². The quantitative estimate of drug-likeness (QED) is 0.897. The van der Waals surface area contributed by atoms with Crippen LogP contribution in [0, 0.1) is 11.3 Å². The molecule has 0 saturated carbocycles. The Bertz CT molecular complexity index is 605. The maximum atomic E-state index is 9.07. The lowest BCUT2D eigenvalue weighted by Gasteiger charge is -2.10. The van der Waals surface area contributed by atoms with E-state index in [0.717, 1.165) is 15.7 Å². The average Bonchev–Trinajstić information content (AvgIpc) is 2.38. The van der Waals surface area contributed by atoms with Gasteiger partial charge in [-0.3, -0.25) is 0 Å². The number of nitrogens with one attached hydrogen (secondary N) is 1. The van der Waals surface area contributed by atoms with E-state index in [1.165, 1.54) is 0 Å². The summed E-state index contributed by atoms with van der Waals surface area (Å²) >= 11 is 9.46. The van der Waals surface area contributed by atoms with E-state index in [0.29, 0.717) is 17.1 Å². The highest BCUT2D eigenvalue weighted by atomic mass is 79.9. The Hall–Kier alpha value is -1.50. The molecule has 0 atom stereocenters. The molecule has 0 aliphatic carbocycles. The predicted molar refractivity (Wildman–Crippen MR) is 77.6 cm³/mol. The Morgan fingerprint density at radius 1 is 1.17 bits per heavy atom. The molecule has 0 unspecified atom stereocenters. The molecule has 0 heterocycles. The van der Waals surface area contributed by atoms with Gasteiger partial charge >= 0.3 is 0 Å². The summed E-state index contributed by atoms with van der Waals surface area (Å²) in [5.41, 5.74) is 2.35. The third kappa shape index (κ3) is 2.84. The van der Waals surface area contributed by atoms with Crippen molar-refractivity contribution in [3.63, 3.8) is 0 Å². The van der Waals surface area contributed by atoms with Crippen molar-refractivity contribution >= 4 is 33.2 Å². The lowest BCUT2D eigenvalue weighted by molar-refractivity contribution is 1.13. The van der Waals surface area contributed by atoms with Crippen molar-refractivity contribution in [3.8, 4) is 6.07 Å². The minimum atomic E-state index is 0.467. The van der Waals surface area contributed by atoms with Crippen LogP contribution in [0.1, 0.15) is 11.1 Å². The molecule has 1 N–H and O–H groups in total. The van der Waals surface area contributed by atoms with E-state index in [1.54, 1.807) is 6.07 Å². The summed E-state index contributed by atoms with van der Waals surface area (Å²) in [6.45, 7) is 0.635. The molecule has 0 bridgehead atoms. The Kier molecular flexibility index (Phi) is 4.24. The van der Waals surface area contributed by atoms with Crippen LogP contribution in [0.2, 0.25) is 5.02 Å². The molecule has 2 rings (SSSR count). The number of hydrogen-bond acceptors (Lipinski definition) is 2. The van der Waals surface area contributed by atoms with Crippen molar-refractivity contribution in [3.05, 3.63) is 63.1 Å². The summed E-state index contributed by atoms with van der Waals surface area (Å²) in [4.78, 5) is 0. The zero-order chi connectivity index (χ0) is 13.0. The molecule has 0 amide bonds. The highest BCUT2D eigenvalue weighted by Gasteiger charge is 2.06. The molecule has 0 radical (unpaired) electrons. The second-order valence-corrected chi connectivity index (χ2v) is 4.98. The monoisotopic (exact) mass is 320 g/mol. The number of rotatable bonds is 3. The van der Waals surface area contributed by atoms with E-state index in [2.05, 4.69) is 27.3 Å². The molecule has 90 valence electrons. The van der Waals surface area contributed by atoms with Gasteiger partial charge in [-0.1, -0.05) is 51.8 Å². The Morgan fingerprint density at radius 2 is 1.94 bits per heavy atom. The molecule has 0 aliphatic heterocycles. The van der Waals surface area contributed by atoms with Crippen molar-refractivity contribution in [1.82, 2.24) is 0 Å². The summed E-state index contributed by atoms with van der Waals surface area (Å²) in [6.07, 6.45) is 0. The number of hydrogen-bond donors (Lipinski definition) is 1. The standard InChI is InChI=1S/C14H10BrClN2/c15-12-5-2-1-4-10(12)9-18-14-7-3-6-13(16)11(14)8-17/h1-7,18H,9H2. The Balaban J connectivity index is 2.19. The maximum Gasteiger partial charge on any atom is 0.103 e. The predicted octanol–water partition coefficient (Wildman–Crippen LogP) is 4.59. The lowest BCUT2D eigenvalue weighted by atomic mass is 10.1. The first-order chi connectivity index (χ1) is 8.72. The van der Waals surface area contributed by atoms with Crippen molar-refractivity contribution in [2.75, 3.05) is 5.32 Å². The zero-order valence-electron chi connectivity index (χ0n) is 9.45. The van der Waals surface area contributed by atoms with Crippen LogP contribution in [0.3, 0.4) is 0 Å². The first kappa shape index (κ1) is 12.9. The van der Waals surface area contributed by atoms with Gasteiger partial charge in [-0.2, -0.15) is 5.26 Å². The topological polar surface area (TPSA) is 35.8 Å². The van der Waals surface area contributed by atoms with Crippen molar-refractivity contribution < 1.29 is 0 Å². The molecule has 0 aliphatic rings. The van der Waals surface area contributed by atoms with Gasteiger partial charge in [0.05, 0.1) is 16.3 Å². The number of benzene rings is 2. The second kappa shape index (κ2) is 5.90. The molecular weight excluding hydrogens is 312 g/mol.